The molecule has 0 bridgehead atoms. The van der Waals surface area contributed by atoms with E-state index in [1.54, 1.807) is 36.2 Å². The highest BCUT2D eigenvalue weighted by atomic mass is 35.5. The average Bonchev–Trinajstić information content (AvgIpc) is 3.51. The van der Waals surface area contributed by atoms with E-state index in [4.69, 9.17) is 25.8 Å². The van der Waals surface area contributed by atoms with Gasteiger partial charge in [0, 0.05) is 17.9 Å². The molecule has 38 heavy (non-hydrogen) atoms. The van der Waals surface area contributed by atoms with Gasteiger partial charge >= 0.3 is 12.1 Å². The molecular weight excluding hydrogens is 540 g/mol. The summed E-state index contributed by atoms with van der Waals surface area (Å²) in [6.07, 6.45) is -1.48. The molecule has 202 valence electrons. The number of hydrogen-bond acceptors (Lipinski definition) is 10. The van der Waals surface area contributed by atoms with Crippen molar-refractivity contribution >= 4 is 64.1 Å². The van der Waals surface area contributed by atoms with E-state index in [2.05, 4.69) is 5.32 Å². The fourth-order valence-corrected chi connectivity index (χ4v) is 4.90. The van der Waals surface area contributed by atoms with Crippen LogP contribution in [0.3, 0.4) is 0 Å². The minimum absolute atomic E-state index is 0.0161. The van der Waals surface area contributed by atoms with E-state index in [0.29, 0.717) is 28.9 Å². The monoisotopic (exact) mass is 564 g/mol. The number of nitrogens with one attached hydrogen (secondary N) is 1. The number of nitrogens with zero attached hydrogens (tertiary/aromatic N) is 3. The lowest BCUT2D eigenvalue weighted by Crippen LogP contribution is -2.45. The molecule has 4 rings (SSSR count). The van der Waals surface area contributed by atoms with Crippen LogP contribution >= 0.6 is 22.9 Å². The molecule has 0 saturated carbocycles. The van der Waals surface area contributed by atoms with Crippen molar-refractivity contribution in [1.29, 1.82) is 0 Å². The fraction of sp³-hybridized carbons (Fsp3) is 0.375. The maximum Gasteiger partial charge on any atom is 0.414 e. The number of imide groups is 1. The Hall–Kier alpha value is -3.52. The van der Waals surface area contributed by atoms with Gasteiger partial charge in [-0.25, -0.2) is 4.79 Å². The number of ether oxygens (including phenoxy) is 3. The Morgan fingerprint density at radius 1 is 1.13 bits per heavy atom. The fourth-order valence-electron chi connectivity index (χ4n) is 3.91. The van der Waals surface area contributed by atoms with Gasteiger partial charge in [0.1, 0.15) is 12.7 Å². The third-order valence-corrected chi connectivity index (χ3v) is 6.95. The maximum atomic E-state index is 13.1. The summed E-state index contributed by atoms with van der Waals surface area (Å²) >= 11 is 6.95. The van der Waals surface area contributed by atoms with Crippen molar-refractivity contribution in [1.82, 2.24) is 10.2 Å². The van der Waals surface area contributed by atoms with Crippen LogP contribution in [0.4, 0.5) is 16.2 Å². The number of benzene rings is 1. The zero-order valence-corrected chi connectivity index (χ0v) is 22.0. The quantitative estimate of drug-likeness (QED) is 0.450. The largest absolute Gasteiger partial charge is 0.455 e. The van der Waals surface area contributed by atoms with Crippen LogP contribution in [0.25, 0.3) is 0 Å². The van der Waals surface area contributed by atoms with Gasteiger partial charge in [0.25, 0.3) is 17.7 Å². The third-order valence-electron chi connectivity index (χ3n) is 5.73. The van der Waals surface area contributed by atoms with Gasteiger partial charge in [0.2, 0.25) is 0 Å². The number of morpholine rings is 1. The van der Waals surface area contributed by atoms with E-state index in [-0.39, 0.29) is 37.0 Å². The number of esters is 1. The molecular formula is C24H25ClN4O8S. The van der Waals surface area contributed by atoms with Crippen LogP contribution in [-0.4, -0.2) is 93.8 Å². The number of amides is 4. The molecule has 14 heteroatoms. The van der Waals surface area contributed by atoms with Crippen molar-refractivity contribution in [3.8, 4) is 0 Å². The number of cyclic esters (lactones) is 1. The molecule has 1 aromatic heterocycles. The molecule has 2 fully saturated rings. The first kappa shape index (κ1) is 27.5. The Labute approximate surface area is 227 Å². The number of rotatable bonds is 9. The van der Waals surface area contributed by atoms with Crippen LogP contribution in [0.15, 0.2) is 36.4 Å². The summed E-state index contributed by atoms with van der Waals surface area (Å²) in [6.45, 7) is -0.0531. The van der Waals surface area contributed by atoms with E-state index in [0.717, 1.165) is 16.2 Å². The number of carbonyl (C=O) groups excluding carboxylic acids is 5. The van der Waals surface area contributed by atoms with Gasteiger partial charge in [-0.3, -0.25) is 29.0 Å². The summed E-state index contributed by atoms with van der Waals surface area (Å²) in [6, 6.07) is 9.82. The molecule has 0 spiro atoms. The van der Waals surface area contributed by atoms with Gasteiger partial charge < -0.3 is 24.4 Å². The van der Waals surface area contributed by atoms with E-state index < -0.39 is 36.6 Å². The van der Waals surface area contributed by atoms with E-state index in [1.165, 1.54) is 17.0 Å². The lowest BCUT2D eigenvalue weighted by atomic mass is 10.2. The minimum Gasteiger partial charge on any atom is -0.455 e. The molecule has 0 unspecified atom stereocenters. The first-order chi connectivity index (χ1) is 18.3. The van der Waals surface area contributed by atoms with Crippen LogP contribution in [0.2, 0.25) is 4.34 Å². The Bertz CT molecular complexity index is 1220. The van der Waals surface area contributed by atoms with Gasteiger partial charge in [-0.15, -0.1) is 11.3 Å². The number of hydrogen-bond donors (Lipinski definition) is 1. The number of carbonyl (C=O) groups is 5. The Kier molecular flexibility index (Phi) is 8.94. The van der Waals surface area contributed by atoms with Crippen molar-refractivity contribution < 1.29 is 38.2 Å². The van der Waals surface area contributed by atoms with Crippen LogP contribution in [0, 0.1) is 0 Å². The van der Waals surface area contributed by atoms with Crippen molar-refractivity contribution in [2.45, 2.75) is 6.10 Å². The predicted octanol–water partition coefficient (Wildman–Crippen LogP) is 1.52. The normalized spacial score (nSPS) is 17.4. The average molecular weight is 565 g/mol. The topological polar surface area (TPSA) is 135 Å². The molecule has 4 amide bonds. The van der Waals surface area contributed by atoms with Crippen molar-refractivity contribution in [3.05, 3.63) is 45.6 Å². The molecule has 0 radical (unpaired) electrons. The molecule has 0 aliphatic carbocycles. The minimum atomic E-state index is -0.834. The third kappa shape index (κ3) is 6.48. The van der Waals surface area contributed by atoms with Gasteiger partial charge in [0.05, 0.1) is 35.5 Å². The molecule has 2 aliphatic rings. The zero-order chi connectivity index (χ0) is 27.2. The molecule has 12 nitrogen and oxygen atoms in total. The SMILES string of the molecule is CNCC(=O)OCC(=O)N(C[C@H]1CN(c2ccc(N3CCOCC3=O)cc2)C(=O)O1)C(=O)c1ccc(Cl)s1. The van der Waals surface area contributed by atoms with Crippen molar-refractivity contribution in [3.63, 3.8) is 0 Å². The zero-order valence-electron chi connectivity index (χ0n) is 20.4. The highest BCUT2D eigenvalue weighted by Gasteiger charge is 2.37. The predicted molar refractivity (Wildman–Crippen MR) is 137 cm³/mol. The summed E-state index contributed by atoms with van der Waals surface area (Å²) in [5.41, 5.74) is 1.20. The molecule has 2 saturated heterocycles. The van der Waals surface area contributed by atoms with E-state index in [1.807, 2.05) is 0 Å². The van der Waals surface area contributed by atoms with Crippen LogP contribution in [0.5, 0.6) is 0 Å². The lowest BCUT2D eigenvalue weighted by molar-refractivity contribution is -0.150. The summed E-state index contributed by atoms with van der Waals surface area (Å²) in [7, 11) is 1.55. The number of anilines is 2. The molecule has 2 aliphatic heterocycles. The summed E-state index contributed by atoms with van der Waals surface area (Å²) < 4.78 is 15.9. The van der Waals surface area contributed by atoms with Gasteiger partial charge in [-0.2, -0.15) is 0 Å². The number of halogens is 1. The van der Waals surface area contributed by atoms with Crippen LogP contribution in [0.1, 0.15) is 9.67 Å². The van der Waals surface area contributed by atoms with Crippen LogP contribution < -0.4 is 15.1 Å². The summed E-state index contributed by atoms with van der Waals surface area (Å²) in [4.78, 5) is 66.5. The Morgan fingerprint density at radius 2 is 1.84 bits per heavy atom. The highest BCUT2D eigenvalue weighted by molar-refractivity contribution is 7.18. The van der Waals surface area contributed by atoms with Gasteiger partial charge in [0.15, 0.2) is 6.61 Å². The van der Waals surface area contributed by atoms with E-state index >= 15 is 0 Å². The Morgan fingerprint density at radius 3 is 2.47 bits per heavy atom. The second kappa shape index (κ2) is 12.3. The van der Waals surface area contributed by atoms with Gasteiger partial charge in [-0.05, 0) is 43.4 Å². The second-order valence-electron chi connectivity index (χ2n) is 8.34. The van der Waals surface area contributed by atoms with Gasteiger partial charge in [-0.1, -0.05) is 11.6 Å². The summed E-state index contributed by atoms with van der Waals surface area (Å²) in [5.74, 6) is -2.22. The first-order valence-corrected chi connectivity index (χ1v) is 12.8. The molecule has 1 N–H and O–H groups in total. The molecule has 3 heterocycles. The molecule has 1 atom stereocenters. The Balaban J connectivity index is 1.45. The van der Waals surface area contributed by atoms with Crippen LogP contribution in [-0.2, 0) is 28.6 Å². The smallest absolute Gasteiger partial charge is 0.414 e. The number of likely N-dealkylation sites (N-methyl/N-ethyl adjacent to an activating group) is 1. The van der Waals surface area contributed by atoms with Crippen molar-refractivity contribution in [2.75, 3.05) is 62.8 Å². The highest BCUT2D eigenvalue weighted by Crippen LogP contribution is 2.27. The lowest BCUT2D eigenvalue weighted by Gasteiger charge is -2.27. The molecule has 2 aromatic rings. The van der Waals surface area contributed by atoms with Crippen molar-refractivity contribution in [2.24, 2.45) is 0 Å². The number of thiophene rings is 1. The van der Waals surface area contributed by atoms with E-state index in [9.17, 15) is 24.0 Å². The standard InChI is InChI=1S/C24H25ClN4O8S/c1-26-10-22(32)36-14-21(31)29(23(33)18-6-7-19(25)38-18)12-17-11-28(24(34)37-17)16-4-2-15(3-5-16)27-8-9-35-13-20(27)30/h2-7,17,26H,8-14H2,1H3/t17-/m1/s1. The molecule has 1 aromatic carbocycles. The first-order valence-electron chi connectivity index (χ1n) is 11.6. The maximum absolute atomic E-state index is 13.1. The second-order valence-corrected chi connectivity index (χ2v) is 10.1. The summed E-state index contributed by atoms with van der Waals surface area (Å²) in [5, 5.41) is 2.61.